The van der Waals surface area contributed by atoms with Crippen molar-refractivity contribution >= 4 is 12.2 Å². The van der Waals surface area contributed by atoms with Crippen LogP contribution in [0, 0.1) is 0 Å². The molecule has 0 bridgehead atoms. The van der Waals surface area contributed by atoms with Gasteiger partial charge in [-0.3, -0.25) is 9.79 Å². The van der Waals surface area contributed by atoms with Gasteiger partial charge in [-0.25, -0.2) is 0 Å². The molecule has 0 amide bonds. The van der Waals surface area contributed by atoms with Crippen molar-refractivity contribution in [2.45, 2.75) is 6.29 Å². The van der Waals surface area contributed by atoms with E-state index < -0.39 is 6.29 Å². The Morgan fingerprint density at radius 2 is 1.94 bits per heavy atom. The van der Waals surface area contributed by atoms with Gasteiger partial charge in [-0.15, -0.1) is 0 Å². The molecule has 1 aromatic carbocycles. The molecule has 1 aromatic rings. The zero-order valence-corrected chi connectivity index (χ0v) is 10.8. The van der Waals surface area contributed by atoms with Crippen molar-refractivity contribution < 1.29 is 19.0 Å². The lowest BCUT2D eigenvalue weighted by Gasteiger charge is -2.15. The number of methoxy groups -OCH3 is 3. The van der Waals surface area contributed by atoms with Gasteiger partial charge >= 0.3 is 5.97 Å². The first-order valence-corrected chi connectivity index (χ1v) is 5.44. The third-order valence-corrected chi connectivity index (χ3v) is 2.36. The summed E-state index contributed by atoms with van der Waals surface area (Å²) < 4.78 is 14.9. The van der Waals surface area contributed by atoms with Crippen LogP contribution < -0.4 is 0 Å². The number of aliphatic imine (C=N–C) groups is 1. The molecule has 0 aliphatic heterocycles. The summed E-state index contributed by atoms with van der Waals surface area (Å²) in [6.45, 7) is -0.00450. The van der Waals surface area contributed by atoms with Crippen molar-refractivity contribution in [3.8, 4) is 0 Å². The molecule has 18 heavy (non-hydrogen) atoms. The Balaban J connectivity index is 2.85. The molecule has 5 nitrogen and oxygen atoms in total. The molecule has 0 aliphatic rings. The van der Waals surface area contributed by atoms with Gasteiger partial charge in [0.15, 0.2) is 6.29 Å². The number of carbonyl (C=O) groups is 1. The summed E-state index contributed by atoms with van der Waals surface area (Å²) in [5.41, 5.74) is 1.70. The molecule has 0 aliphatic carbocycles. The van der Waals surface area contributed by atoms with Crippen LogP contribution >= 0.6 is 0 Å². The smallest absolute Gasteiger partial charge is 0.327 e. The van der Waals surface area contributed by atoms with Crippen LogP contribution in [0.25, 0.3) is 0 Å². The summed E-state index contributed by atoms with van der Waals surface area (Å²) in [7, 11) is 4.46. The van der Waals surface area contributed by atoms with Gasteiger partial charge in [-0.2, -0.15) is 0 Å². The van der Waals surface area contributed by atoms with E-state index in [1.54, 1.807) is 20.4 Å². The van der Waals surface area contributed by atoms with Crippen LogP contribution in [0.5, 0.6) is 0 Å². The Labute approximate surface area is 106 Å². The molecule has 0 saturated carbocycles. The summed E-state index contributed by atoms with van der Waals surface area (Å²) in [4.78, 5) is 15.0. The van der Waals surface area contributed by atoms with Crippen LogP contribution in [-0.4, -0.2) is 40.1 Å². The predicted octanol–water partition coefficient (Wildman–Crippen LogP) is 1.57. The number of hydrogen-bond donors (Lipinski definition) is 0. The largest absolute Gasteiger partial charge is 0.468 e. The van der Waals surface area contributed by atoms with Crippen molar-refractivity contribution in [2.24, 2.45) is 4.99 Å². The minimum atomic E-state index is -0.453. The molecule has 0 spiro atoms. The van der Waals surface area contributed by atoms with E-state index in [1.807, 2.05) is 24.3 Å². The predicted molar refractivity (Wildman–Crippen MR) is 67.7 cm³/mol. The fraction of sp³-hybridized carbons (Fsp3) is 0.385. The average molecular weight is 251 g/mol. The normalized spacial score (nSPS) is 11.1. The van der Waals surface area contributed by atoms with E-state index in [2.05, 4.69) is 9.73 Å². The van der Waals surface area contributed by atoms with Gasteiger partial charge in [0.1, 0.15) is 6.54 Å². The van der Waals surface area contributed by atoms with Crippen molar-refractivity contribution in [1.82, 2.24) is 0 Å². The molecule has 98 valence electrons. The fourth-order valence-electron chi connectivity index (χ4n) is 1.48. The quantitative estimate of drug-likeness (QED) is 0.437. The molecule has 0 saturated heterocycles. The molecule has 1 rings (SSSR count). The van der Waals surface area contributed by atoms with Gasteiger partial charge < -0.3 is 14.2 Å². The third kappa shape index (κ3) is 3.94. The number of rotatable bonds is 6. The lowest BCUT2D eigenvalue weighted by Crippen LogP contribution is -2.08. The zero-order chi connectivity index (χ0) is 13.4. The van der Waals surface area contributed by atoms with Gasteiger partial charge in [0.2, 0.25) is 0 Å². The lowest BCUT2D eigenvalue weighted by atomic mass is 10.1. The summed E-state index contributed by atoms with van der Waals surface area (Å²) in [6, 6.07) is 7.53. The van der Waals surface area contributed by atoms with Gasteiger partial charge in [0, 0.05) is 31.6 Å². The second-order valence-electron chi connectivity index (χ2n) is 3.48. The number of ether oxygens (including phenoxy) is 3. The summed E-state index contributed by atoms with van der Waals surface area (Å²) in [5, 5.41) is 0. The molecule has 0 radical (unpaired) electrons. The van der Waals surface area contributed by atoms with E-state index >= 15 is 0 Å². The monoisotopic (exact) mass is 251 g/mol. The van der Waals surface area contributed by atoms with E-state index in [1.165, 1.54) is 7.11 Å². The van der Waals surface area contributed by atoms with Crippen LogP contribution in [-0.2, 0) is 19.0 Å². The maximum Gasteiger partial charge on any atom is 0.327 e. The highest BCUT2D eigenvalue weighted by Gasteiger charge is 2.11. The zero-order valence-electron chi connectivity index (χ0n) is 10.8. The van der Waals surface area contributed by atoms with E-state index in [0.717, 1.165) is 11.1 Å². The number of carbonyl (C=O) groups excluding carboxylic acids is 1. The van der Waals surface area contributed by atoms with Gasteiger partial charge in [0.05, 0.1) is 7.11 Å². The maximum atomic E-state index is 10.9. The highest BCUT2D eigenvalue weighted by molar-refractivity contribution is 5.84. The van der Waals surface area contributed by atoms with Crippen LogP contribution in [0.3, 0.4) is 0 Å². The number of hydrogen-bond acceptors (Lipinski definition) is 5. The summed E-state index contributed by atoms with van der Waals surface area (Å²) in [6.07, 6.45) is 1.16. The molecule has 0 heterocycles. The van der Waals surface area contributed by atoms with Crippen LogP contribution in [0.1, 0.15) is 17.4 Å². The Bertz CT molecular complexity index is 413. The highest BCUT2D eigenvalue weighted by atomic mass is 16.7. The average Bonchev–Trinajstić information content (AvgIpc) is 2.41. The van der Waals surface area contributed by atoms with Crippen molar-refractivity contribution in [1.29, 1.82) is 0 Å². The Morgan fingerprint density at radius 1 is 1.28 bits per heavy atom. The standard InChI is InChI=1S/C13H17NO4/c1-16-12(15)9-14-8-10-6-4-5-7-11(10)13(17-2)18-3/h4-8,13H,9H2,1-3H3/b14-8+. The Kier molecular flexibility index (Phi) is 6.04. The molecular formula is C13H17NO4. The number of nitrogens with zero attached hydrogens (tertiary/aromatic N) is 1. The first kappa shape index (κ1) is 14.3. The first-order valence-electron chi connectivity index (χ1n) is 5.44. The minimum Gasteiger partial charge on any atom is -0.468 e. The second-order valence-corrected chi connectivity index (χ2v) is 3.48. The van der Waals surface area contributed by atoms with E-state index in [4.69, 9.17) is 9.47 Å². The van der Waals surface area contributed by atoms with Crippen LogP contribution in [0.15, 0.2) is 29.3 Å². The number of esters is 1. The highest BCUT2D eigenvalue weighted by Crippen LogP contribution is 2.20. The molecule has 0 aromatic heterocycles. The first-order chi connectivity index (χ1) is 8.72. The molecular weight excluding hydrogens is 234 g/mol. The minimum absolute atomic E-state index is 0.00450. The summed E-state index contributed by atoms with van der Waals surface area (Å²) in [5.74, 6) is -0.376. The maximum absolute atomic E-state index is 10.9. The van der Waals surface area contributed by atoms with E-state index in [-0.39, 0.29) is 12.5 Å². The van der Waals surface area contributed by atoms with Gasteiger partial charge in [-0.05, 0) is 0 Å². The molecule has 0 unspecified atom stereocenters. The SMILES string of the molecule is COC(=O)C/N=C/c1ccccc1C(OC)OC. The molecule has 0 atom stereocenters. The van der Waals surface area contributed by atoms with Crippen molar-refractivity contribution in [3.05, 3.63) is 35.4 Å². The number of benzene rings is 1. The van der Waals surface area contributed by atoms with Crippen molar-refractivity contribution in [2.75, 3.05) is 27.9 Å². The lowest BCUT2D eigenvalue weighted by molar-refractivity contribution is -0.138. The molecule has 5 heteroatoms. The summed E-state index contributed by atoms with van der Waals surface area (Å²) >= 11 is 0. The van der Waals surface area contributed by atoms with E-state index in [0.29, 0.717) is 0 Å². The topological polar surface area (TPSA) is 57.1 Å². The Morgan fingerprint density at radius 3 is 2.56 bits per heavy atom. The van der Waals surface area contributed by atoms with Crippen LogP contribution in [0.2, 0.25) is 0 Å². The molecule has 0 fully saturated rings. The van der Waals surface area contributed by atoms with E-state index in [9.17, 15) is 4.79 Å². The second kappa shape index (κ2) is 7.58. The molecule has 0 N–H and O–H groups in total. The Hall–Kier alpha value is -1.72. The fourth-order valence-corrected chi connectivity index (χ4v) is 1.48. The van der Waals surface area contributed by atoms with Crippen molar-refractivity contribution in [3.63, 3.8) is 0 Å². The van der Waals surface area contributed by atoms with Gasteiger partial charge in [0.25, 0.3) is 0 Å². The third-order valence-electron chi connectivity index (χ3n) is 2.36. The van der Waals surface area contributed by atoms with Gasteiger partial charge in [-0.1, -0.05) is 24.3 Å². The van der Waals surface area contributed by atoms with Crippen LogP contribution in [0.4, 0.5) is 0 Å².